The maximum absolute atomic E-state index is 13.1. The molecule has 0 radical (unpaired) electrons. The summed E-state index contributed by atoms with van der Waals surface area (Å²) in [5, 5.41) is 0.745. The number of ether oxygens (including phenoxy) is 1. The first kappa shape index (κ1) is 19.8. The van der Waals surface area contributed by atoms with Gasteiger partial charge in [0, 0.05) is 37.0 Å². The molecule has 0 atom stereocenters. The third kappa shape index (κ3) is 3.60. The summed E-state index contributed by atoms with van der Waals surface area (Å²) in [5.74, 6) is 0.555. The zero-order chi connectivity index (χ0) is 20.7. The third-order valence-corrected chi connectivity index (χ3v) is 6.53. The van der Waals surface area contributed by atoms with E-state index in [2.05, 4.69) is 14.9 Å². The summed E-state index contributed by atoms with van der Waals surface area (Å²) in [4.78, 5) is 41.5. The minimum Gasteiger partial charge on any atom is -0.383 e. The van der Waals surface area contributed by atoms with Gasteiger partial charge in [0.25, 0.3) is 5.91 Å². The van der Waals surface area contributed by atoms with Crippen LogP contribution in [0.1, 0.15) is 32.2 Å². The minimum absolute atomic E-state index is 0.0789. The van der Waals surface area contributed by atoms with E-state index in [1.54, 1.807) is 19.1 Å². The maximum atomic E-state index is 13.1. The number of amides is 2. The molecule has 0 aromatic carbocycles. The van der Waals surface area contributed by atoms with E-state index in [0.29, 0.717) is 31.2 Å². The summed E-state index contributed by atoms with van der Waals surface area (Å²) < 4.78 is 5.19. The largest absolute Gasteiger partial charge is 0.383 e. The standard InChI is InChI=1S/C20H25N5O3S/c1-12-9-13(2)22-20(21-12)24-6-5-14-15(10-24)29-19-17(14)18(27)23(3)11-16(26)25(19)7-8-28-4/h9H,5-8,10-11H2,1-4H3. The number of hydrogen-bond acceptors (Lipinski definition) is 7. The number of carbonyl (C=O) groups is 2. The zero-order valence-corrected chi connectivity index (χ0v) is 18.0. The number of fused-ring (bicyclic) bond motifs is 3. The molecule has 2 aromatic rings. The Morgan fingerprint density at radius 3 is 2.59 bits per heavy atom. The number of thiophene rings is 1. The minimum atomic E-state index is -0.0816. The Labute approximate surface area is 174 Å². The quantitative estimate of drug-likeness (QED) is 0.758. The number of carbonyl (C=O) groups excluding carboxylic acids is 2. The van der Waals surface area contributed by atoms with Crippen molar-refractivity contribution in [3.05, 3.63) is 33.5 Å². The van der Waals surface area contributed by atoms with Crippen molar-refractivity contribution in [1.82, 2.24) is 14.9 Å². The Balaban J connectivity index is 1.73. The maximum Gasteiger partial charge on any atom is 0.257 e. The van der Waals surface area contributed by atoms with Gasteiger partial charge in [0.2, 0.25) is 11.9 Å². The third-order valence-electron chi connectivity index (χ3n) is 5.29. The van der Waals surface area contributed by atoms with E-state index >= 15 is 0 Å². The van der Waals surface area contributed by atoms with E-state index in [-0.39, 0.29) is 18.4 Å². The van der Waals surface area contributed by atoms with Gasteiger partial charge in [0.15, 0.2) is 0 Å². The Morgan fingerprint density at radius 1 is 1.17 bits per heavy atom. The lowest BCUT2D eigenvalue weighted by molar-refractivity contribution is -0.119. The normalized spacial score (nSPS) is 16.8. The average molecular weight is 416 g/mol. The highest BCUT2D eigenvalue weighted by atomic mass is 32.1. The van der Waals surface area contributed by atoms with Crippen LogP contribution in [0.25, 0.3) is 0 Å². The van der Waals surface area contributed by atoms with Gasteiger partial charge in [-0.25, -0.2) is 9.97 Å². The number of aromatic nitrogens is 2. The fourth-order valence-corrected chi connectivity index (χ4v) is 5.29. The molecule has 0 spiro atoms. The van der Waals surface area contributed by atoms with Crippen molar-refractivity contribution in [3.63, 3.8) is 0 Å². The van der Waals surface area contributed by atoms with Crippen LogP contribution in [0.2, 0.25) is 0 Å². The first-order chi connectivity index (χ1) is 13.9. The fourth-order valence-electron chi connectivity index (χ4n) is 3.89. The molecule has 0 fully saturated rings. The highest BCUT2D eigenvalue weighted by molar-refractivity contribution is 7.17. The molecule has 0 bridgehead atoms. The van der Waals surface area contributed by atoms with Gasteiger partial charge in [-0.2, -0.15) is 0 Å². The summed E-state index contributed by atoms with van der Waals surface area (Å²) in [6.45, 7) is 6.26. The molecule has 0 aliphatic carbocycles. The van der Waals surface area contributed by atoms with Crippen molar-refractivity contribution < 1.29 is 14.3 Å². The Bertz CT molecular complexity index is 953. The van der Waals surface area contributed by atoms with Gasteiger partial charge in [0.1, 0.15) is 11.5 Å². The predicted octanol–water partition coefficient (Wildman–Crippen LogP) is 1.78. The van der Waals surface area contributed by atoms with Gasteiger partial charge in [-0.05, 0) is 31.9 Å². The summed E-state index contributed by atoms with van der Waals surface area (Å²) in [7, 11) is 3.30. The van der Waals surface area contributed by atoms with Gasteiger partial charge in [-0.15, -0.1) is 11.3 Å². The summed E-state index contributed by atoms with van der Waals surface area (Å²) >= 11 is 1.53. The number of anilines is 2. The molecule has 4 heterocycles. The molecule has 0 unspecified atom stereocenters. The Morgan fingerprint density at radius 2 is 1.90 bits per heavy atom. The van der Waals surface area contributed by atoms with Crippen molar-refractivity contribution in [2.75, 3.05) is 50.2 Å². The SMILES string of the molecule is COCCN1C(=O)CN(C)C(=O)c2c1sc1c2CCN(c2nc(C)cc(C)n2)C1. The van der Waals surface area contributed by atoms with Crippen LogP contribution in [0.3, 0.4) is 0 Å². The van der Waals surface area contributed by atoms with Gasteiger partial charge < -0.3 is 14.5 Å². The molecule has 4 rings (SSSR count). The summed E-state index contributed by atoms with van der Waals surface area (Å²) in [6, 6.07) is 1.96. The average Bonchev–Trinajstić information content (AvgIpc) is 3.01. The van der Waals surface area contributed by atoms with E-state index in [4.69, 9.17) is 4.74 Å². The number of rotatable bonds is 4. The van der Waals surface area contributed by atoms with E-state index in [1.807, 2.05) is 19.9 Å². The second-order valence-electron chi connectivity index (χ2n) is 7.51. The number of aryl methyl sites for hydroxylation is 2. The Kier molecular flexibility index (Phi) is 5.26. The molecule has 2 amide bonds. The molecule has 29 heavy (non-hydrogen) atoms. The molecule has 9 heteroatoms. The molecule has 0 saturated heterocycles. The molecule has 8 nitrogen and oxygen atoms in total. The lowest BCUT2D eigenvalue weighted by Crippen LogP contribution is -2.39. The number of hydrogen-bond donors (Lipinski definition) is 0. The molecular weight excluding hydrogens is 390 g/mol. The number of likely N-dealkylation sites (N-methyl/N-ethyl adjacent to an activating group) is 1. The van der Waals surface area contributed by atoms with Crippen LogP contribution < -0.4 is 9.80 Å². The highest BCUT2D eigenvalue weighted by Gasteiger charge is 2.37. The monoisotopic (exact) mass is 415 g/mol. The molecule has 154 valence electrons. The summed E-state index contributed by atoms with van der Waals surface area (Å²) in [5.41, 5.74) is 3.61. The van der Waals surface area contributed by atoms with Crippen molar-refractivity contribution in [3.8, 4) is 0 Å². The van der Waals surface area contributed by atoms with Gasteiger partial charge in [0.05, 0.1) is 25.3 Å². The second kappa shape index (κ2) is 7.72. The number of nitrogens with zero attached hydrogens (tertiary/aromatic N) is 5. The molecular formula is C20H25N5O3S. The van der Waals surface area contributed by atoms with Crippen molar-refractivity contribution in [2.24, 2.45) is 0 Å². The molecule has 2 aliphatic heterocycles. The van der Waals surface area contributed by atoms with E-state index in [9.17, 15) is 9.59 Å². The van der Waals surface area contributed by atoms with Crippen LogP contribution in [0.4, 0.5) is 10.9 Å². The second-order valence-corrected chi connectivity index (χ2v) is 8.59. The van der Waals surface area contributed by atoms with Crippen LogP contribution in [-0.2, 0) is 22.5 Å². The van der Waals surface area contributed by atoms with E-state index in [1.165, 1.54) is 16.2 Å². The molecule has 2 aromatic heterocycles. The van der Waals surface area contributed by atoms with Crippen molar-refractivity contribution in [2.45, 2.75) is 26.8 Å². The van der Waals surface area contributed by atoms with Gasteiger partial charge in [-0.1, -0.05) is 0 Å². The smallest absolute Gasteiger partial charge is 0.257 e. The Hall–Kier alpha value is -2.52. The van der Waals surface area contributed by atoms with Crippen LogP contribution in [0, 0.1) is 13.8 Å². The lowest BCUT2D eigenvalue weighted by atomic mass is 10.0. The van der Waals surface area contributed by atoms with Crippen molar-refractivity contribution >= 4 is 34.1 Å². The van der Waals surface area contributed by atoms with Gasteiger partial charge >= 0.3 is 0 Å². The van der Waals surface area contributed by atoms with Gasteiger partial charge in [-0.3, -0.25) is 14.5 Å². The molecule has 2 aliphatic rings. The first-order valence-electron chi connectivity index (χ1n) is 9.65. The van der Waals surface area contributed by atoms with Crippen LogP contribution in [0.15, 0.2) is 6.07 Å². The van der Waals surface area contributed by atoms with Crippen molar-refractivity contribution in [1.29, 1.82) is 0 Å². The van der Waals surface area contributed by atoms with Crippen LogP contribution in [-0.4, -0.2) is 67.1 Å². The van der Waals surface area contributed by atoms with Crippen LogP contribution in [0.5, 0.6) is 0 Å². The molecule has 0 N–H and O–H groups in total. The first-order valence-corrected chi connectivity index (χ1v) is 10.5. The lowest BCUT2D eigenvalue weighted by Gasteiger charge is -2.28. The number of methoxy groups -OCH3 is 1. The zero-order valence-electron chi connectivity index (χ0n) is 17.2. The van der Waals surface area contributed by atoms with E-state index in [0.717, 1.165) is 39.8 Å². The van der Waals surface area contributed by atoms with Crippen LogP contribution >= 0.6 is 11.3 Å². The highest BCUT2D eigenvalue weighted by Crippen LogP contribution is 2.41. The summed E-state index contributed by atoms with van der Waals surface area (Å²) in [6.07, 6.45) is 0.726. The topological polar surface area (TPSA) is 78.9 Å². The van der Waals surface area contributed by atoms with E-state index < -0.39 is 0 Å². The predicted molar refractivity (Wildman–Crippen MR) is 112 cm³/mol. The fraction of sp³-hybridized carbons (Fsp3) is 0.500. The molecule has 0 saturated carbocycles.